The van der Waals surface area contributed by atoms with Gasteiger partial charge in [0.15, 0.2) is 47.4 Å². The van der Waals surface area contributed by atoms with Crippen molar-refractivity contribution in [3.8, 4) is 0 Å². The number of aliphatic hydroxyl groups is 4. The highest BCUT2D eigenvalue weighted by Crippen LogP contribution is 2.33. The first-order valence-electron chi connectivity index (χ1n) is 24.8. The first-order valence-corrected chi connectivity index (χ1v) is 28.3. The van der Waals surface area contributed by atoms with Gasteiger partial charge >= 0.3 is 0 Å². The minimum Gasteiger partial charge on any atom is -0.544 e. The predicted octanol–water partition coefficient (Wildman–Crippen LogP) is 7.99. The van der Waals surface area contributed by atoms with Crippen molar-refractivity contribution < 1.29 is 86.7 Å². The Morgan fingerprint density at radius 2 is 1.05 bits per heavy atom. The lowest BCUT2D eigenvalue weighted by molar-refractivity contribution is -0.157. The summed E-state index contributed by atoms with van der Waals surface area (Å²) in [6, 6.07) is 0. The fraction of sp³-hybridized carbons (Fsp3) is 0.586. The van der Waals surface area contributed by atoms with Crippen molar-refractivity contribution >= 4 is 32.0 Å². The van der Waals surface area contributed by atoms with Crippen molar-refractivity contribution in [2.24, 2.45) is 5.92 Å². The molecule has 2 unspecified atom stereocenters. The number of carbonyl (C=O) groups is 4. The minimum atomic E-state index is -1.43. The molecule has 3 aliphatic rings. The number of ketones is 3. The number of allylic oxidation sites excluding steroid dienone is 4. The molecule has 4 N–H and O–H groups in total. The van der Waals surface area contributed by atoms with E-state index in [0.717, 1.165) is 5.76 Å². The number of methoxy groups -OCH3 is 4. The highest BCUT2D eigenvalue weighted by Gasteiger charge is 2.47. The Balaban J connectivity index is -0.000000417. The molecule has 3 rings (SSSR count). The van der Waals surface area contributed by atoms with Gasteiger partial charge in [-0.05, 0) is 101 Å². The first kappa shape index (κ1) is 78.9. The van der Waals surface area contributed by atoms with Gasteiger partial charge in [0, 0.05) is 34.0 Å². The van der Waals surface area contributed by atoms with Crippen LogP contribution in [0.15, 0.2) is 124 Å². The summed E-state index contributed by atoms with van der Waals surface area (Å²) in [5.74, 6) is -1.03. The maximum Gasteiger partial charge on any atom is 0.242 e. The lowest BCUT2D eigenvalue weighted by Crippen LogP contribution is -2.44. The number of hydrogen-bond donors (Lipinski definition) is 4. The van der Waals surface area contributed by atoms with Gasteiger partial charge in [-0.3, -0.25) is 14.4 Å². The first-order chi connectivity index (χ1) is 35.7. The molecule has 2 saturated heterocycles. The normalized spacial score (nSPS) is 24.2. The van der Waals surface area contributed by atoms with E-state index in [0.29, 0.717) is 11.9 Å². The molecular weight excluding hydrogens is 1010 g/mol. The van der Waals surface area contributed by atoms with E-state index in [-0.39, 0.29) is 35.5 Å². The van der Waals surface area contributed by atoms with Crippen LogP contribution < -0.4 is 0 Å². The van der Waals surface area contributed by atoms with Crippen LogP contribution >= 0.6 is 0 Å². The summed E-state index contributed by atoms with van der Waals surface area (Å²) in [6.45, 7) is 52.8. The second-order valence-corrected chi connectivity index (χ2v) is 23.4. The van der Waals surface area contributed by atoms with E-state index in [1.165, 1.54) is 77.4 Å². The Labute approximate surface area is 462 Å². The molecular formula is C58H98O18Si. The minimum absolute atomic E-state index is 0.116. The molecule has 0 saturated carbocycles. The fourth-order valence-corrected chi connectivity index (χ4v) is 7.68. The Morgan fingerprint density at radius 3 is 1.30 bits per heavy atom. The monoisotopic (exact) mass is 1110 g/mol. The third kappa shape index (κ3) is 29.8. The summed E-state index contributed by atoms with van der Waals surface area (Å²) in [5, 5.41) is 38.5. The Morgan fingerprint density at radius 1 is 0.649 bits per heavy atom. The Hall–Kier alpha value is -4.58. The third-order valence-corrected chi connectivity index (χ3v) is 11.7. The summed E-state index contributed by atoms with van der Waals surface area (Å²) in [5.41, 5.74) is 1.88. The van der Waals surface area contributed by atoms with Crippen molar-refractivity contribution in [2.45, 2.75) is 187 Å². The van der Waals surface area contributed by atoms with Gasteiger partial charge in [0.2, 0.25) is 8.32 Å². The van der Waals surface area contributed by atoms with Crippen molar-refractivity contribution in [2.75, 3.05) is 28.4 Å². The molecule has 3 heterocycles. The van der Waals surface area contributed by atoms with E-state index in [1.54, 1.807) is 47.8 Å². The van der Waals surface area contributed by atoms with E-state index in [2.05, 4.69) is 90.0 Å². The number of hydrogen-bond acceptors (Lipinski definition) is 18. The molecule has 0 aromatic rings. The van der Waals surface area contributed by atoms with Crippen LogP contribution in [0.25, 0.3) is 0 Å². The molecule has 77 heavy (non-hydrogen) atoms. The molecule has 0 amide bonds. The molecule has 0 aromatic heterocycles. The van der Waals surface area contributed by atoms with E-state index < -0.39 is 87.0 Å². The average Bonchev–Trinajstić information content (AvgIpc) is 3.92. The van der Waals surface area contributed by atoms with Gasteiger partial charge in [-0.2, -0.15) is 0 Å². The molecule has 18 nitrogen and oxygen atoms in total. The van der Waals surface area contributed by atoms with Crippen LogP contribution in [0.5, 0.6) is 0 Å². The quantitative estimate of drug-likeness (QED) is 0.0264. The molecule has 2 fully saturated rings. The maximum atomic E-state index is 11.6. The SMILES string of the molecule is C/C=C(O[Si](C)(C)C)/C(C)=C/C.C=C.C=C[C@@H](C=O)OC.C=C[C@H](O)C1OC(C)(C)O[C@H]1[C@@H](O)C=C.C=C[C@H](OC)[C@H](O)[C@@H](O)[C@H](C=C)OC.C=C[C@H](OC)[C@H]1OC=C(C)C(=O)[C@H]1C.CC(=O)C1OC(C)(C)O[C@H]1C(C)=O. The van der Waals surface area contributed by atoms with Gasteiger partial charge in [-0.25, -0.2) is 0 Å². The number of aldehydes is 1. The molecule has 3 aliphatic heterocycles. The van der Waals surface area contributed by atoms with Crippen LogP contribution in [-0.4, -0.2) is 172 Å². The van der Waals surface area contributed by atoms with Crippen molar-refractivity contribution in [3.05, 3.63) is 124 Å². The standard InChI is InChI=1S/C11H18O4.C11H16O3.C10H18O4.C10H20OSi.C9H14O4.C5H8O2.C2H4/c1-5-7(12)9-10(8(13)6-2)15-11(3,4)14-9;1-5-9(13-4)11-8(3)10(12)7(2)6-14-11;1-5-7(13-3)9(11)10(12)8(6-2)14-4;1-7-9(3)10(8-2)11-12(4,5)6;1-5(10)7-8(6(2)11)13-9(3,4)12-7;1-3-5(4-6)7-2;1-2/h5-10,12-13H,1-2H2,3-4H3;5-6,8-9,11H,1H2,2-4H3;5-12H,1-2H2,3-4H3;7-8H,1-6H3;7-8H,1-4H3;3-5H,1H2,2H3;1-2H2/b;;;9-7+,10-8-;;;/t7-,8-,9-,10?;8-,9+,11+;7-,8-,9-,10-;;7-,8?;5-;/m010.00./s1. The second-order valence-electron chi connectivity index (χ2n) is 19.0. The van der Waals surface area contributed by atoms with Gasteiger partial charge in [-0.15, -0.1) is 52.6 Å². The molecule has 19 heteroatoms. The van der Waals surface area contributed by atoms with Crippen LogP contribution in [0.4, 0.5) is 0 Å². The number of carbonyl (C=O) groups excluding carboxylic acids is 4. The molecule has 0 aliphatic carbocycles. The summed E-state index contributed by atoms with van der Waals surface area (Å²) >= 11 is 0. The topological polar surface area (TPSA) is 241 Å². The van der Waals surface area contributed by atoms with Crippen LogP contribution in [0.3, 0.4) is 0 Å². The summed E-state index contributed by atoms with van der Waals surface area (Å²) < 4.78 is 52.4. The zero-order valence-electron chi connectivity index (χ0n) is 49.5. The smallest absolute Gasteiger partial charge is 0.242 e. The third-order valence-electron chi connectivity index (χ3n) is 10.9. The zero-order chi connectivity index (χ0) is 61.2. The van der Waals surface area contributed by atoms with Gasteiger partial charge in [0.05, 0.1) is 12.2 Å². The van der Waals surface area contributed by atoms with E-state index in [4.69, 9.17) is 42.3 Å². The number of rotatable bonds is 22. The van der Waals surface area contributed by atoms with Crippen molar-refractivity contribution in [1.82, 2.24) is 0 Å². The van der Waals surface area contributed by atoms with Gasteiger partial charge in [0.1, 0.15) is 72.9 Å². The zero-order valence-corrected chi connectivity index (χ0v) is 50.5. The Bertz CT molecular complexity index is 1820. The van der Waals surface area contributed by atoms with Gasteiger partial charge < -0.3 is 72.3 Å². The lowest BCUT2D eigenvalue weighted by atomic mass is 9.90. The Kier molecular flexibility index (Phi) is 41.6. The predicted molar refractivity (Wildman–Crippen MR) is 305 cm³/mol. The number of aliphatic hydroxyl groups excluding tert-OH is 4. The molecule has 0 aromatic carbocycles. The summed E-state index contributed by atoms with van der Waals surface area (Å²) in [7, 11) is 4.47. The van der Waals surface area contributed by atoms with Crippen molar-refractivity contribution in [3.63, 3.8) is 0 Å². The highest BCUT2D eigenvalue weighted by atomic mass is 28.4. The molecule has 14 atom stereocenters. The van der Waals surface area contributed by atoms with Crippen LogP contribution in [-0.2, 0) is 66.2 Å². The van der Waals surface area contributed by atoms with Gasteiger partial charge in [0.25, 0.3) is 0 Å². The van der Waals surface area contributed by atoms with Crippen LogP contribution in [0.2, 0.25) is 19.6 Å². The summed E-state index contributed by atoms with van der Waals surface area (Å²) in [4.78, 5) is 43.6. The fourth-order valence-electron chi connectivity index (χ4n) is 6.75. The molecule has 0 radical (unpaired) electrons. The molecule has 0 bridgehead atoms. The van der Waals surface area contributed by atoms with E-state index in [1.807, 2.05) is 26.8 Å². The van der Waals surface area contributed by atoms with Crippen LogP contribution in [0.1, 0.15) is 76.2 Å². The molecule has 0 spiro atoms. The van der Waals surface area contributed by atoms with E-state index >= 15 is 0 Å². The lowest BCUT2D eigenvalue weighted by Gasteiger charge is -2.31. The second kappa shape index (κ2) is 40.6. The average molecular weight is 1110 g/mol. The highest BCUT2D eigenvalue weighted by molar-refractivity contribution is 6.70. The van der Waals surface area contributed by atoms with Crippen LogP contribution in [0, 0.1) is 5.92 Å². The summed E-state index contributed by atoms with van der Waals surface area (Å²) in [6.07, 6.45) is 6.16. The maximum absolute atomic E-state index is 11.6. The van der Waals surface area contributed by atoms with Crippen molar-refractivity contribution in [1.29, 1.82) is 0 Å². The molecule has 442 valence electrons. The number of ether oxygens (including phenoxy) is 9. The largest absolute Gasteiger partial charge is 0.544 e. The number of Topliss-reactive ketones (excluding diaryl/α,β-unsaturated/α-hetero) is 3. The van der Waals surface area contributed by atoms with Gasteiger partial charge in [-0.1, -0.05) is 49.5 Å². The van der Waals surface area contributed by atoms with E-state index in [9.17, 15) is 39.6 Å².